The van der Waals surface area contributed by atoms with Crippen molar-refractivity contribution in [2.45, 2.75) is 19.4 Å². The summed E-state index contributed by atoms with van der Waals surface area (Å²) in [4.78, 5) is 26.1. The van der Waals surface area contributed by atoms with Crippen molar-refractivity contribution in [1.82, 2.24) is 4.98 Å². The Labute approximate surface area is 128 Å². The molecule has 0 aliphatic heterocycles. The second kappa shape index (κ2) is 7.78. The van der Waals surface area contributed by atoms with E-state index in [-0.39, 0.29) is 18.7 Å². The minimum absolute atomic E-state index is 0.0522. The van der Waals surface area contributed by atoms with Crippen molar-refractivity contribution >= 4 is 23.4 Å². The van der Waals surface area contributed by atoms with Crippen molar-refractivity contribution in [3.05, 3.63) is 54.2 Å². The first kappa shape index (κ1) is 15.5. The van der Waals surface area contributed by atoms with Crippen LogP contribution in [0.3, 0.4) is 0 Å². The number of hydrogen-bond donors (Lipinski definition) is 3. The number of pyridine rings is 1. The molecule has 0 aliphatic rings. The highest BCUT2D eigenvalue weighted by molar-refractivity contribution is 5.92. The highest BCUT2D eigenvalue weighted by Gasteiger charge is 2.06. The Morgan fingerprint density at radius 1 is 1.05 bits per heavy atom. The fourth-order valence-corrected chi connectivity index (χ4v) is 1.80. The maximum Gasteiger partial charge on any atom is 0.303 e. The summed E-state index contributed by atoms with van der Waals surface area (Å²) in [6.45, 7) is 0.665. The number of hydrogen-bond acceptors (Lipinski definition) is 4. The van der Waals surface area contributed by atoms with Gasteiger partial charge in [-0.3, -0.25) is 9.59 Å². The van der Waals surface area contributed by atoms with Crippen molar-refractivity contribution in [3.63, 3.8) is 0 Å². The Kier molecular flexibility index (Phi) is 5.48. The van der Waals surface area contributed by atoms with Gasteiger partial charge < -0.3 is 15.7 Å². The van der Waals surface area contributed by atoms with Crippen LogP contribution in [-0.4, -0.2) is 22.0 Å². The molecule has 3 N–H and O–H groups in total. The molecule has 1 aromatic heterocycles. The van der Waals surface area contributed by atoms with Crippen LogP contribution in [-0.2, 0) is 16.1 Å². The Balaban J connectivity index is 1.82. The SMILES string of the molecule is O=C(O)CCC(=O)Nc1ccc(NCc2ccccc2)nc1. The number of aromatic nitrogens is 1. The third kappa shape index (κ3) is 5.24. The van der Waals surface area contributed by atoms with Crippen LogP contribution in [0.2, 0.25) is 0 Å². The quantitative estimate of drug-likeness (QED) is 0.730. The number of anilines is 2. The van der Waals surface area contributed by atoms with Gasteiger partial charge in [-0.15, -0.1) is 0 Å². The standard InChI is InChI=1S/C16H17N3O3/c20-15(8-9-16(21)22)19-13-6-7-14(18-11-13)17-10-12-4-2-1-3-5-12/h1-7,11H,8-10H2,(H,17,18)(H,19,20)(H,21,22). The predicted octanol–water partition coefficient (Wildman–Crippen LogP) is 2.50. The summed E-state index contributed by atoms with van der Waals surface area (Å²) in [6.07, 6.45) is 1.30. The third-order valence-corrected chi connectivity index (χ3v) is 2.93. The zero-order valence-corrected chi connectivity index (χ0v) is 12.0. The molecule has 1 amide bonds. The number of nitrogens with one attached hydrogen (secondary N) is 2. The van der Waals surface area contributed by atoms with E-state index in [2.05, 4.69) is 15.6 Å². The molecule has 6 nitrogen and oxygen atoms in total. The number of aliphatic carboxylic acids is 1. The van der Waals surface area contributed by atoms with Crippen molar-refractivity contribution in [3.8, 4) is 0 Å². The van der Waals surface area contributed by atoms with E-state index in [1.807, 2.05) is 30.3 Å². The van der Waals surface area contributed by atoms with Crippen molar-refractivity contribution in [2.24, 2.45) is 0 Å². The predicted molar refractivity (Wildman–Crippen MR) is 83.5 cm³/mol. The van der Waals surface area contributed by atoms with E-state index in [0.717, 1.165) is 5.56 Å². The van der Waals surface area contributed by atoms with Gasteiger partial charge in [-0.1, -0.05) is 30.3 Å². The lowest BCUT2D eigenvalue weighted by atomic mass is 10.2. The van der Waals surface area contributed by atoms with Gasteiger partial charge >= 0.3 is 5.97 Å². The Bertz CT molecular complexity index is 627. The molecule has 0 radical (unpaired) electrons. The summed E-state index contributed by atoms with van der Waals surface area (Å²) in [7, 11) is 0. The molecule has 0 spiro atoms. The van der Waals surface area contributed by atoms with Gasteiger partial charge in [0.1, 0.15) is 5.82 Å². The number of benzene rings is 1. The second-order valence-electron chi connectivity index (χ2n) is 4.71. The summed E-state index contributed by atoms with van der Waals surface area (Å²) < 4.78 is 0. The lowest BCUT2D eigenvalue weighted by Crippen LogP contribution is -2.13. The lowest BCUT2D eigenvalue weighted by Gasteiger charge is -2.07. The van der Waals surface area contributed by atoms with Crippen LogP contribution in [0.1, 0.15) is 18.4 Å². The highest BCUT2D eigenvalue weighted by atomic mass is 16.4. The molecule has 0 unspecified atom stereocenters. The number of carbonyl (C=O) groups excluding carboxylic acids is 1. The van der Waals surface area contributed by atoms with Crippen molar-refractivity contribution < 1.29 is 14.7 Å². The van der Waals surface area contributed by atoms with Gasteiger partial charge in [0, 0.05) is 13.0 Å². The normalized spacial score (nSPS) is 10.0. The first-order valence-electron chi connectivity index (χ1n) is 6.89. The molecular weight excluding hydrogens is 282 g/mol. The van der Waals surface area contributed by atoms with Gasteiger partial charge in [0.2, 0.25) is 5.91 Å². The van der Waals surface area contributed by atoms with E-state index < -0.39 is 5.97 Å². The van der Waals surface area contributed by atoms with Crippen LogP contribution >= 0.6 is 0 Å². The average Bonchev–Trinajstić information content (AvgIpc) is 2.53. The number of amides is 1. The molecule has 6 heteroatoms. The fourth-order valence-electron chi connectivity index (χ4n) is 1.80. The van der Waals surface area contributed by atoms with E-state index in [0.29, 0.717) is 18.1 Å². The van der Waals surface area contributed by atoms with Crippen LogP contribution in [0.25, 0.3) is 0 Å². The van der Waals surface area contributed by atoms with E-state index in [4.69, 9.17) is 5.11 Å². The zero-order chi connectivity index (χ0) is 15.8. The minimum atomic E-state index is -0.992. The number of carboxylic acids is 1. The van der Waals surface area contributed by atoms with E-state index in [9.17, 15) is 9.59 Å². The largest absolute Gasteiger partial charge is 0.481 e. The Morgan fingerprint density at radius 3 is 2.45 bits per heavy atom. The van der Waals surface area contributed by atoms with Crippen LogP contribution < -0.4 is 10.6 Å². The summed E-state index contributed by atoms with van der Waals surface area (Å²) in [5.41, 5.74) is 1.69. The van der Waals surface area contributed by atoms with E-state index in [1.54, 1.807) is 12.1 Å². The monoisotopic (exact) mass is 299 g/mol. The topological polar surface area (TPSA) is 91.3 Å². The van der Waals surface area contributed by atoms with E-state index in [1.165, 1.54) is 6.20 Å². The first-order chi connectivity index (χ1) is 10.6. The summed E-state index contributed by atoms with van der Waals surface area (Å²) in [6, 6.07) is 13.4. The van der Waals surface area contributed by atoms with Gasteiger partial charge in [0.15, 0.2) is 0 Å². The summed E-state index contributed by atoms with van der Waals surface area (Å²) in [5.74, 6) is -0.629. The minimum Gasteiger partial charge on any atom is -0.481 e. The van der Waals surface area contributed by atoms with Crippen LogP contribution in [0, 0.1) is 0 Å². The fraction of sp³-hybridized carbons (Fsp3) is 0.188. The summed E-state index contributed by atoms with van der Waals surface area (Å²) in [5, 5.41) is 14.3. The number of nitrogens with zero attached hydrogens (tertiary/aromatic N) is 1. The molecule has 0 bridgehead atoms. The highest BCUT2D eigenvalue weighted by Crippen LogP contribution is 2.11. The Hall–Kier alpha value is -2.89. The van der Waals surface area contributed by atoms with E-state index >= 15 is 0 Å². The molecule has 1 aromatic carbocycles. The molecule has 22 heavy (non-hydrogen) atoms. The van der Waals surface area contributed by atoms with Gasteiger partial charge in [0.05, 0.1) is 18.3 Å². The van der Waals surface area contributed by atoms with Gasteiger partial charge in [-0.05, 0) is 17.7 Å². The van der Waals surface area contributed by atoms with Gasteiger partial charge in [-0.25, -0.2) is 4.98 Å². The molecule has 0 saturated carbocycles. The molecule has 2 rings (SSSR count). The summed E-state index contributed by atoms with van der Waals surface area (Å²) >= 11 is 0. The molecule has 2 aromatic rings. The smallest absolute Gasteiger partial charge is 0.303 e. The molecule has 0 saturated heterocycles. The number of rotatable bonds is 7. The number of carbonyl (C=O) groups is 2. The molecule has 1 heterocycles. The van der Waals surface area contributed by atoms with Gasteiger partial charge in [0.25, 0.3) is 0 Å². The van der Waals surface area contributed by atoms with Crippen LogP contribution in [0.5, 0.6) is 0 Å². The lowest BCUT2D eigenvalue weighted by molar-refractivity contribution is -0.138. The molecule has 0 atom stereocenters. The molecular formula is C16H17N3O3. The maximum atomic E-state index is 11.5. The zero-order valence-electron chi connectivity index (χ0n) is 12.0. The van der Waals surface area contributed by atoms with Crippen molar-refractivity contribution in [1.29, 1.82) is 0 Å². The van der Waals surface area contributed by atoms with Crippen LogP contribution in [0.15, 0.2) is 48.7 Å². The Morgan fingerprint density at radius 2 is 1.82 bits per heavy atom. The average molecular weight is 299 g/mol. The van der Waals surface area contributed by atoms with Crippen LogP contribution in [0.4, 0.5) is 11.5 Å². The molecule has 0 aliphatic carbocycles. The third-order valence-electron chi connectivity index (χ3n) is 2.93. The second-order valence-corrected chi connectivity index (χ2v) is 4.71. The molecule has 114 valence electrons. The molecule has 0 fully saturated rings. The maximum absolute atomic E-state index is 11.5. The van der Waals surface area contributed by atoms with Crippen molar-refractivity contribution in [2.75, 3.05) is 10.6 Å². The van der Waals surface area contributed by atoms with Gasteiger partial charge in [-0.2, -0.15) is 0 Å². The number of carboxylic acid groups (broad SMARTS) is 1. The first-order valence-corrected chi connectivity index (χ1v) is 6.89.